The fraction of sp³-hybridized carbons (Fsp3) is 0.762. The first-order chi connectivity index (χ1) is 15.7. The number of amides is 3. The van der Waals surface area contributed by atoms with Crippen molar-refractivity contribution in [1.82, 2.24) is 29.9 Å². The van der Waals surface area contributed by atoms with Gasteiger partial charge in [0.2, 0.25) is 17.6 Å². The molecule has 2 atom stereocenters. The first kappa shape index (κ1) is 25.8. The summed E-state index contributed by atoms with van der Waals surface area (Å²) in [6.45, 7) is 7.65. The van der Waals surface area contributed by atoms with Crippen LogP contribution in [-0.2, 0) is 33.6 Å². The van der Waals surface area contributed by atoms with Gasteiger partial charge in [0, 0.05) is 39.0 Å². The molecule has 0 aromatic carbocycles. The Labute approximate surface area is 195 Å². The molecule has 0 aliphatic carbocycles. The summed E-state index contributed by atoms with van der Waals surface area (Å²) in [5.41, 5.74) is -0.749. The fourth-order valence-corrected chi connectivity index (χ4v) is 4.10. The summed E-state index contributed by atoms with van der Waals surface area (Å²) in [5, 5.41) is 9.50. The number of fused-ring (bicyclic) bond motifs is 1. The van der Waals surface area contributed by atoms with Crippen molar-refractivity contribution < 1.29 is 32.3 Å². The van der Waals surface area contributed by atoms with Gasteiger partial charge in [0.05, 0.1) is 12.6 Å². The van der Waals surface area contributed by atoms with Crippen LogP contribution in [0.15, 0.2) is 0 Å². The highest BCUT2D eigenvalue weighted by Gasteiger charge is 2.40. The molecule has 0 bridgehead atoms. The number of hydrogen-bond donors (Lipinski definition) is 1. The Hall–Kier alpha value is -2.86. The van der Waals surface area contributed by atoms with Gasteiger partial charge in [0.25, 0.3) is 0 Å². The third-order valence-electron chi connectivity index (χ3n) is 5.68. The summed E-state index contributed by atoms with van der Waals surface area (Å²) in [6, 6.07) is -0.720. The quantitative estimate of drug-likeness (QED) is 0.681. The second-order valence-corrected chi connectivity index (χ2v) is 9.89. The summed E-state index contributed by atoms with van der Waals surface area (Å²) in [5.74, 6) is -1.17. The number of nitrogens with zero attached hydrogens (tertiary/aromatic N) is 5. The second-order valence-electron chi connectivity index (χ2n) is 9.89. The van der Waals surface area contributed by atoms with Gasteiger partial charge >= 0.3 is 12.3 Å². The molecule has 0 spiro atoms. The van der Waals surface area contributed by atoms with Gasteiger partial charge in [-0.1, -0.05) is 6.92 Å². The molecule has 3 amide bonds. The zero-order valence-electron chi connectivity index (χ0n) is 19.8. The minimum absolute atomic E-state index is 0.0450. The molecule has 0 radical (unpaired) electrons. The van der Waals surface area contributed by atoms with Gasteiger partial charge in [0.15, 0.2) is 5.82 Å². The number of aromatic nitrogens is 3. The molecule has 2 aliphatic heterocycles. The minimum atomic E-state index is -4.63. The van der Waals surface area contributed by atoms with E-state index in [1.54, 1.807) is 25.7 Å². The Balaban J connectivity index is 1.69. The maximum atomic E-state index is 13.1. The van der Waals surface area contributed by atoms with Crippen molar-refractivity contribution in [3.63, 3.8) is 0 Å². The molecule has 3 heterocycles. The summed E-state index contributed by atoms with van der Waals surface area (Å²) < 4.78 is 45.5. The predicted molar refractivity (Wildman–Crippen MR) is 113 cm³/mol. The fourth-order valence-electron chi connectivity index (χ4n) is 4.10. The Morgan fingerprint density at radius 2 is 1.91 bits per heavy atom. The molecule has 34 heavy (non-hydrogen) atoms. The lowest BCUT2D eigenvalue weighted by Gasteiger charge is -2.35. The third kappa shape index (κ3) is 6.60. The topological polar surface area (TPSA) is 110 Å². The zero-order chi connectivity index (χ0) is 25.3. The largest absolute Gasteiger partial charge is 0.451 e. The molecule has 3 rings (SSSR count). The van der Waals surface area contributed by atoms with Gasteiger partial charge < -0.3 is 24.4 Å². The number of nitrogens with one attached hydrogen (secondary N) is 1. The normalized spacial score (nSPS) is 20.1. The van der Waals surface area contributed by atoms with E-state index in [4.69, 9.17) is 4.74 Å². The standard InChI is InChI=1S/C21H31F3N6O4/c1-13-5-6-16(31)29(10-13)11-14(25-19(33)34-20(2,3)4)9-17(32)28-7-8-30-15(12-28)26-27-18(30)21(22,23)24/h13-14H,5-12H2,1-4H3,(H,25,33). The highest BCUT2D eigenvalue weighted by Crippen LogP contribution is 2.29. The van der Waals surface area contributed by atoms with Crippen LogP contribution in [0.3, 0.4) is 0 Å². The molecule has 190 valence electrons. The maximum absolute atomic E-state index is 13.1. The number of carbonyl (C=O) groups is 3. The number of hydrogen-bond acceptors (Lipinski definition) is 6. The van der Waals surface area contributed by atoms with Crippen LogP contribution in [0, 0.1) is 5.92 Å². The van der Waals surface area contributed by atoms with E-state index in [0.717, 1.165) is 11.0 Å². The first-order valence-electron chi connectivity index (χ1n) is 11.3. The van der Waals surface area contributed by atoms with Crippen molar-refractivity contribution in [2.24, 2.45) is 5.92 Å². The van der Waals surface area contributed by atoms with E-state index in [1.165, 1.54) is 4.90 Å². The summed E-state index contributed by atoms with van der Waals surface area (Å²) in [7, 11) is 0. The van der Waals surface area contributed by atoms with Crippen LogP contribution in [0.1, 0.15) is 58.6 Å². The molecule has 2 aliphatic rings. The van der Waals surface area contributed by atoms with Crippen LogP contribution >= 0.6 is 0 Å². The van der Waals surface area contributed by atoms with E-state index in [2.05, 4.69) is 15.5 Å². The molecule has 10 nitrogen and oxygen atoms in total. The third-order valence-corrected chi connectivity index (χ3v) is 5.68. The van der Waals surface area contributed by atoms with Crippen molar-refractivity contribution in [3.05, 3.63) is 11.6 Å². The van der Waals surface area contributed by atoms with E-state index < -0.39 is 29.7 Å². The second kappa shape index (κ2) is 9.79. The number of alkyl carbamates (subject to hydrolysis) is 1. The van der Waals surface area contributed by atoms with Gasteiger partial charge in [0.1, 0.15) is 5.60 Å². The lowest BCUT2D eigenvalue weighted by atomic mass is 9.99. The average Bonchev–Trinajstić information content (AvgIpc) is 3.12. The first-order valence-corrected chi connectivity index (χ1v) is 11.3. The molecule has 1 saturated heterocycles. The number of carbonyl (C=O) groups excluding carboxylic acids is 3. The van der Waals surface area contributed by atoms with Crippen LogP contribution in [0.4, 0.5) is 18.0 Å². The molecule has 0 saturated carbocycles. The van der Waals surface area contributed by atoms with Crippen molar-refractivity contribution in [2.45, 2.75) is 77.9 Å². The highest BCUT2D eigenvalue weighted by molar-refractivity contribution is 5.79. The monoisotopic (exact) mass is 488 g/mol. The van der Waals surface area contributed by atoms with Crippen molar-refractivity contribution in [3.8, 4) is 0 Å². The average molecular weight is 489 g/mol. The summed E-state index contributed by atoms with van der Waals surface area (Å²) in [4.78, 5) is 40.8. The van der Waals surface area contributed by atoms with Gasteiger partial charge in [-0.2, -0.15) is 13.2 Å². The Bertz CT molecular complexity index is 927. The van der Waals surface area contributed by atoms with Crippen molar-refractivity contribution in [1.29, 1.82) is 0 Å². The van der Waals surface area contributed by atoms with Crippen LogP contribution in [0.2, 0.25) is 0 Å². The van der Waals surface area contributed by atoms with Crippen molar-refractivity contribution in [2.75, 3.05) is 19.6 Å². The lowest BCUT2D eigenvalue weighted by Crippen LogP contribution is -2.51. The van der Waals surface area contributed by atoms with Crippen LogP contribution < -0.4 is 5.32 Å². The molecular formula is C21H31F3N6O4. The molecule has 2 unspecified atom stereocenters. The van der Waals surface area contributed by atoms with Crippen LogP contribution in [0.25, 0.3) is 0 Å². The van der Waals surface area contributed by atoms with Gasteiger partial charge in [-0.3, -0.25) is 9.59 Å². The molecule has 1 aromatic rings. The number of halogens is 3. The Morgan fingerprint density at radius 1 is 1.21 bits per heavy atom. The summed E-state index contributed by atoms with van der Waals surface area (Å²) in [6.07, 6.45) is -4.30. The lowest BCUT2D eigenvalue weighted by molar-refractivity contribution is -0.148. The highest BCUT2D eigenvalue weighted by atomic mass is 19.4. The van der Waals surface area contributed by atoms with E-state index in [-0.39, 0.29) is 50.2 Å². The number of piperidine rings is 1. The van der Waals surface area contributed by atoms with Gasteiger partial charge in [-0.25, -0.2) is 4.79 Å². The zero-order valence-corrected chi connectivity index (χ0v) is 19.8. The molecule has 13 heteroatoms. The maximum Gasteiger partial charge on any atom is 0.451 e. The number of ether oxygens (including phenoxy) is 1. The van der Waals surface area contributed by atoms with Gasteiger partial charge in [-0.15, -0.1) is 10.2 Å². The molecule has 1 aromatic heterocycles. The van der Waals surface area contributed by atoms with E-state index >= 15 is 0 Å². The smallest absolute Gasteiger partial charge is 0.444 e. The van der Waals surface area contributed by atoms with Gasteiger partial charge in [-0.05, 0) is 33.1 Å². The number of rotatable bonds is 5. The molecular weight excluding hydrogens is 457 g/mol. The SMILES string of the molecule is CC1CCC(=O)N(CC(CC(=O)N2CCn3c(nnc3C(F)(F)F)C2)NC(=O)OC(C)(C)C)C1. The van der Waals surface area contributed by atoms with E-state index in [1.807, 2.05) is 6.92 Å². The Morgan fingerprint density at radius 3 is 2.56 bits per heavy atom. The summed E-state index contributed by atoms with van der Waals surface area (Å²) >= 11 is 0. The van der Waals surface area contributed by atoms with Crippen molar-refractivity contribution >= 4 is 17.9 Å². The molecule has 1 fully saturated rings. The van der Waals surface area contributed by atoms with E-state index in [0.29, 0.717) is 18.9 Å². The van der Waals surface area contributed by atoms with Crippen LogP contribution in [-0.4, -0.2) is 73.7 Å². The Kier molecular flexibility index (Phi) is 7.41. The number of alkyl halides is 3. The minimum Gasteiger partial charge on any atom is -0.444 e. The van der Waals surface area contributed by atoms with Crippen LogP contribution in [0.5, 0.6) is 0 Å². The predicted octanol–water partition coefficient (Wildman–Crippen LogP) is 2.18. The molecule has 1 N–H and O–H groups in total. The number of likely N-dealkylation sites (tertiary alicyclic amines) is 1. The van der Waals surface area contributed by atoms with E-state index in [9.17, 15) is 27.6 Å².